The van der Waals surface area contributed by atoms with Crippen LogP contribution >= 0.6 is 0 Å². The predicted molar refractivity (Wildman–Crippen MR) is 90.2 cm³/mol. The van der Waals surface area contributed by atoms with E-state index in [1.165, 1.54) is 32.2 Å². The molecule has 0 bridgehead atoms. The summed E-state index contributed by atoms with van der Waals surface area (Å²) in [5.41, 5.74) is -1.17. The maximum Gasteiger partial charge on any atom is 0.418 e. The number of alkyl halides is 3. The fourth-order valence-electron chi connectivity index (χ4n) is 2.83. The van der Waals surface area contributed by atoms with E-state index in [9.17, 15) is 27.6 Å². The first-order chi connectivity index (χ1) is 12.5. The number of nitrogens with one attached hydrogen (secondary N) is 1. The van der Waals surface area contributed by atoms with Gasteiger partial charge in [-0.05, 0) is 18.6 Å². The van der Waals surface area contributed by atoms with Gasteiger partial charge in [0.25, 0.3) is 0 Å². The van der Waals surface area contributed by atoms with Gasteiger partial charge < -0.3 is 20.2 Å². The monoisotopic (exact) mass is 387 g/mol. The number of para-hydroxylation sites is 1. The van der Waals surface area contributed by atoms with E-state index >= 15 is 0 Å². The molecule has 0 radical (unpaired) electrons. The number of urea groups is 1. The Labute approximate surface area is 153 Å². The van der Waals surface area contributed by atoms with Crippen LogP contribution in [0.25, 0.3) is 0 Å². The van der Waals surface area contributed by atoms with Gasteiger partial charge in [0.05, 0.1) is 17.2 Å². The van der Waals surface area contributed by atoms with Crippen LogP contribution in [0.1, 0.15) is 18.9 Å². The molecule has 2 atom stereocenters. The fraction of sp³-hybridized carbons (Fsp3) is 0.471. The molecule has 1 aliphatic heterocycles. The van der Waals surface area contributed by atoms with Crippen LogP contribution in [0, 0.1) is 5.92 Å². The number of amides is 3. The standard InChI is InChI=1S/C17H20F3N3O4/c1-10(15(25)26)9-22(2)16(27)21-12-7-8-23(14(12)24)13-6-4-3-5-11(13)17(18,19)20/h3-6,10,12H,7-9H2,1-2H3,(H,21,27)(H,25,26). The number of benzene rings is 1. The Morgan fingerprint density at radius 2 is 2.00 bits per heavy atom. The molecule has 1 aromatic carbocycles. The third kappa shape index (κ3) is 4.69. The van der Waals surface area contributed by atoms with Crippen LogP contribution in [0.5, 0.6) is 0 Å². The van der Waals surface area contributed by atoms with Crippen LogP contribution < -0.4 is 10.2 Å². The highest BCUT2D eigenvalue weighted by atomic mass is 19.4. The third-order valence-corrected chi connectivity index (χ3v) is 4.32. The van der Waals surface area contributed by atoms with E-state index in [4.69, 9.17) is 5.11 Å². The van der Waals surface area contributed by atoms with Gasteiger partial charge in [-0.25, -0.2) is 4.79 Å². The molecule has 1 saturated heterocycles. The normalized spacial score (nSPS) is 18.3. The van der Waals surface area contributed by atoms with E-state index in [1.54, 1.807) is 0 Å². The summed E-state index contributed by atoms with van der Waals surface area (Å²) in [7, 11) is 1.38. The first kappa shape index (κ1) is 20.5. The minimum atomic E-state index is -4.61. The van der Waals surface area contributed by atoms with Crippen molar-refractivity contribution >= 4 is 23.6 Å². The molecule has 1 heterocycles. The van der Waals surface area contributed by atoms with Gasteiger partial charge in [0.2, 0.25) is 5.91 Å². The van der Waals surface area contributed by atoms with E-state index in [0.717, 1.165) is 15.9 Å². The van der Waals surface area contributed by atoms with Gasteiger partial charge in [-0.3, -0.25) is 9.59 Å². The maximum absolute atomic E-state index is 13.2. The number of hydrogen-bond acceptors (Lipinski definition) is 3. The fourth-order valence-corrected chi connectivity index (χ4v) is 2.83. The lowest BCUT2D eigenvalue weighted by Crippen LogP contribution is -2.48. The number of nitrogens with zero attached hydrogens (tertiary/aromatic N) is 2. The van der Waals surface area contributed by atoms with Crippen molar-refractivity contribution in [2.75, 3.05) is 25.0 Å². The maximum atomic E-state index is 13.2. The van der Waals surface area contributed by atoms with Crippen molar-refractivity contribution in [3.63, 3.8) is 0 Å². The summed E-state index contributed by atoms with van der Waals surface area (Å²) >= 11 is 0. The Kier molecular flexibility index (Phi) is 5.97. The molecule has 0 aliphatic carbocycles. The van der Waals surface area contributed by atoms with E-state index in [2.05, 4.69) is 5.32 Å². The first-order valence-corrected chi connectivity index (χ1v) is 8.24. The molecule has 1 aromatic rings. The number of carboxylic acids is 1. The van der Waals surface area contributed by atoms with E-state index in [1.807, 2.05) is 0 Å². The molecule has 2 rings (SSSR count). The lowest BCUT2D eigenvalue weighted by atomic mass is 10.1. The second kappa shape index (κ2) is 7.85. The van der Waals surface area contributed by atoms with Gasteiger partial charge in [-0.15, -0.1) is 0 Å². The molecule has 148 valence electrons. The smallest absolute Gasteiger partial charge is 0.418 e. The minimum absolute atomic E-state index is 0.0338. The van der Waals surface area contributed by atoms with Crippen molar-refractivity contribution in [3.8, 4) is 0 Å². The SMILES string of the molecule is CC(CN(C)C(=O)NC1CCN(c2ccccc2C(F)(F)F)C1=O)C(=O)O. The van der Waals surface area contributed by atoms with Gasteiger partial charge in [0, 0.05) is 20.1 Å². The number of rotatable bonds is 5. The molecule has 0 saturated carbocycles. The van der Waals surface area contributed by atoms with Crippen molar-refractivity contribution in [1.29, 1.82) is 0 Å². The van der Waals surface area contributed by atoms with E-state index < -0.39 is 41.6 Å². The predicted octanol–water partition coefficient (Wildman–Crippen LogP) is 2.17. The summed E-state index contributed by atoms with van der Waals surface area (Å²) in [4.78, 5) is 37.6. The molecule has 0 aromatic heterocycles. The van der Waals surface area contributed by atoms with Crippen LogP contribution in [0.4, 0.5) is 23.7 Å². The highest BCUT2D eigenvalue weighted by molar-refractivity contribution is 6.01. The number of carbonyl (C=O) groups excluding carboxylic acids is 2. The van der Waals surface area contributed by atoms with Gasteiger partial charge >= 0.3 is 18.2 Å². The summed E-state index contributed by atoms with van der Waals surface area (Å²) in [5, 5.41) is 11.3. The van der Waals surface area contributed by atoms with Crippen LogP contribution in [0.2, 0.25) is 0 Å². The Hall–Kier alpha value is -2.78. The molecule has 2 unspecified atom stereocenters. The van der Waals surface area contributed by atoms with E-state index in [0.29, 0.717) is 0 Å². The van der Waals surface area contributed by atoms with Crippen molar-refractivity contribution < 1.29 is 32.7 Å². The highest BCUT2D eigenvalue weighted by Gasteiger charge is 2.40. The number of carboxylic acid groups (broad SMARTS) is 1. The average Bonchev–Trinajstić information content (AvgIpc) is 2.94. The summed E-state index contributed by atoms with van der Waals surface area (Å²) < 4.78 is 39.5. The molecule has 1 aliphatic rings. The molecular formula is C17H20F3N3O4. The zero-order chi connectivity index (χ0) is 20.4. The quantitative estimate of drug-likeness (QED) is 0.810. The Balaban J connectivity index is 2.08. The third-order valence-electron chi connectivity index (χ3n) is 4.32. The lowest BCUT2D eigenvalue weighted by Gasteiger charge is -2.23. The van der Waals surface area contributed by atoms with Gasteiger partial charge in [0.15, 0.2) is 0 Å². The van der Waals surface area contributed by atoms with Crippen molar-refractivity contribution in [1.82, 2.24) is 10.2 Å². The average molecular weight is 387 g/mol. The van der Waals surface area contributed by atoms with Gasteiger partial charge in [0.1, 0.15) is 6.04 Å². The Morgan fingerprint density at radius 3 is 2.59 bits per heavy atom. The summed E-state index contributed by atoms with van der Waals surface area (Å²) in [6.07, 6.45) is -4.45. The molecule has 3 amide bonds. The van der Waals surface area contributed by atoms with Crippen LogP contribution in [0.3, 0.4) is 0 Å². The van der Waals surface area contributed by atoms with Crippen LogP contribution in [-0.2, 0) is 15.8 Å². The molecule has 0 spiro atoms. The second-order valence-corrected chi connectivity index (χ2v) is 6.42. The first-order valence-electron chi connectivity index (χ1n) is 8.24. The molecule has 10 heteroatoms. The Bertz CT molecular complexity index is 738. The highest BCUT2D eigenvalue weighted by Crippen LogP contribution is 2.37. The number of aliphatic carboxylic acids is 1. The van der Waals surface area contributed by atoms with Crippen molar-refractivity contribution in [3.05, 3.63) is 29.8 Å². The number of carbonyl (C=O) groups is 3. The topological polar surface area (TPSA) is 90.0 Å². The summed E-state index contributed by atoms with van der Waals surface area (Å²) in [5.74, 6) is -2.50. The zero-order valence-electron chi connectivity index (χ0n) is 14.8. The molecular weight excluding hydrogens is 367 g/mol. The molecule has 2 N–H and O–H groups in total. The summed E-state index contributed by atoms with van der Waals surface area (Å²) in [6, 6.07) is 3.13. The van der Waals surface area contributed by atoms with Crippen molar-refractivity contribution in [2.45, 2.75) is 25.6 Å². The molecule has 7 nitrogen and oxygen atoms in total. The second-order valence-electron chi connectivity index (χ2n) is 6.42. The summed E-state index contributed by atoms with van der Waals surface area (Å²) in [6.45, 7) is 1.40. The van der Waals surface area contributed by atoms with E-state index in [-0.39, 0.29) is 25.2 Å². The number of anilines is 1. The van der Waals surface area contributed by atoms with Crippen LogP contribution in [0.15, 0.2) is 24.3 Å². The minimum Gasteiger partial charge on any atom is -0.481 e. The van der Waals surface area contributed by atoms with Gasteiger partial charge in [-0.2, -0.15) is 13.2 Å². The lowest BCUT2D eigenvalue weighted by molar-refractivity contribution is -0.141. The Morgan fingerprint density at radius 1 is 1.37 bits per heavy atom. The zero-order valence-corrected chi connectivity index (χ0v) is 14.8. The number of halogens is 3. The van der Waals surface area contributed by atoms with Gasteiger partial charge in [-0.1, -0.05) is 19.1 Å². The van der Waals surface area contributed by atoms with Crippen molar-refractivity contribution in [2.24, 2.45) is 5.92 Å². The van der Waals surface area contributed by atoms with Crippen LogP contribution in [-0.4, -0.2) is 54.1 Å². The number of hydrogen-bond donors (Lipinski definition) is 2. The largest absolute Gasteiger partial charge is 0.481 e. The molecule has 27 heavy (non-hydrogen) atoms. The molecule has 1 fully saturated rings.